The second kappa shape index (κ2) is 6.78. The van der Waals surface area contributed by atoms with E-state index in [2.05, 4.69) is 37.5 Å². The van der Waals surface area contributed by atoms with Gasteiger partial charge in [-0.15, -0.1) is 0 Å². The first-order chi connectivity index (χ1) is 10.5. The van der Waals surface area contributed by atoms with Crippen LogP contribution in [0.1, 0.15) is 66.2 Å². The topological polar surface area (TPSA) is 15.7 Å². The maximum absolute atomic E-state index is 6.46. The Hall–Kier alpha value is -0.120. The van der Waals surface area contributed by atoms with Crippen LogP contribution in [0.15, 0.2) is 0 Å². The van der Waals surface area contributed by atoms with Gasteiger partial charge in [-0.2, -0.15) is 0 Å². The molecule has 3 fully saturated rings. The van der Waals surface area contributed by atoms with E-state index < -0.39 is 0 Å². The Morgan fingerprint density at radius 1 is 0.773 bits per heavy atom. The summed E-state index contributed by atoms with van der Waals surface area (Å²) >= 11 is 0. The largest absolute Gasteiger partial charge is 0.375 e. The van der Waals surface area contributed by atoms with Crippen LogP contribution in [0, 0.1) is 5.41 Å². The molecule has 0 atom stereocenters. The van der Waals surface area contributed by atoms with Crippen LogP contribution in [0.4, 0.5) is 0 Å². The van der Waals surface area contributed by atoms with Gasteiger partial charge in [-0.05, 0) is 71.6 Å². The number of nitrogens with zero attached hydrogens (tertiary/aromatic N) is 2. The molecule has 2 heterocycles. The minimum Gasteiger partial charge on any atom is -0.375 e. The Labute approximate surface area is 137 Å². The maximum Gasteiger partial charge on any atom is 0.0603 e. The molecule has 0 bridgehead atoms. The molecule has 0 aromatic heterocycles. The highest BCUT2D eigenvalue weighted by Crippen LogP contribution is 2.45. The average Bonchev–Trinajstić information content (AvgIpc) is 2.46. The lowest BCUT2D eigenvalue weighted by atomic mass is 9.67. The van der Waals surface area contributed by atoms with Crippen molar-refractivity contribution in [1.29, 1.82) is 0 Å². The van der Waals surface area contributed by atoms with E-state index >= 15 is 0 Å². The summed E-state index contributed by atoms with van der Waals surface area (Å²) in [5.74, 6) is 0. The molecule has 0 aromatic carbocycles. The van der Waals surface area contributed by atoms with Crippen LogP contribution in [0.3, 0.4) is 0 Å². The molecule has 0 unspecified atom stereocenters. The molecule has 0 N–H and O–H groups in total. The minimum atomic E-state index is 0.530. The fourth-order valence-electron chi connectivity index (χ4n) is 4.64. The van der Waals surface area contributed by atoms with E-state index in [1.165, 1.54) is 64.7 Å². The number of rotatable bonds is 4. The Balaban J connectivity index is 1.37. The SMILES string of the molecule is CC(C)N1CCC(OC2CCC3(CC2)CN(C(C)C)C3)CC1. The van der Waals surface area contributed by atoms with Crippen LogP contribution in [0.25, 0.3) is 0 Å². The molecule has 1 aliphatic carbocycles. The van der Waals surface area contributed by atoms with E-state index in [9.17, 15) is 0 Å². The van der Waals surface area contributed by atoms with Crippen molar-refractivity contribution < 1.29 is 4.74 Å². The van der Waals surface area contributed by atoms with E-state index in [-0.39, 0.29) is 0 Å². The van der Waals surface area contributed by atoms with Crippen molar-refractivity contribution in [3.8, 4) is 0 Å². The number of piperidine rings is 1. The molecule has 2 saturated heterocycles. The first kappa shape index (κ1) is 16.7. The van der Waals surface area contributed by atoms with E-state index in [1.54, 1.807) is 0 Å². The van der Waals surface area contributed by atoms with Gasteiger partial charge in [0.05, 0.1) is 12.2 Å². The molecule has 3 nitrogen and oxygen atoms in total. The summed E-state index contributed by atoms with van der Waals surface area (Å²) < 4.78 is 6.46. The number of ether oxygens (including phenoxy) is 1. The zero-order valence-corrected chi connectivity index (χ0v) is 15.2. The summed E-state index contributed by atoms with van der Waals surface area (Å²) in [4.78, 5) is 5.22. The number of hydrogen-bond acceptors (Lipinski definition) is 3. The third-order valence-electron chi connectivity index (χ3n) is 6.39. The maximum atomic E-state index is 6.46. The lowest BCUT2D eigenvalue weighted by Gasteiger charge is -2.55. The predicted molar refractivity (Wildman–Crippen MR) is 92.2 cm³/mol. The molecule has 3 rings (SSSR count). The second-order valence-corrected chi connectivity index (χ2v) is 8.66. The highest BCUT2D eigenvalue weighted by Gasteiger charge is 2.46. The van der Waals surface area contributed by atoms with Crippen molar-refractivity contribution in [1.82, 2.24) is 9.80 Å². The second-order valence-electron chi connectivity index (χ2n) is 8.66. The first-order valence-corrected chi connectivity index (χ1v) is 9.61. The van der Waals surface area contributed by atoms with Crippen LogP contribution >= 0.6 is 0 Å². The fourth-order valence-corrected chi connectivity index (χ4v) is 4.64. The Morgan fingerprint density at radius 3 is 1.77 bits per heavy atom. The summed E-state index contributed by atoms with van der Waals surface area (Å²) in [6, 6.07) is 1.42. The van der Waals surface area contributed by atoms with Crippen molar-refractivity contribution in [2.75, 3.05) is 26.2 Å². The molecule has 0 amide bonds. The molecule has 3 aliphatic rings. The third-order valence-corrected chi connectivity index (χ3v) is 6.39. The van der Waals surface area contributed by atoms with Crippen LogP contribution < -0.4 is 0 Å². The molecule has 0 aromatic rings. The lowest BCUT2D eigenvalue weighted by molar-refractivity contribution is -0.107. The minimum absolute atomic E-state index is 0.530. The van der Waals surface area contributed by atoms with Crippen LogP contribution in [0.2, 0.25) is 0 Å². The number of hydrogen-bond donors (Lipinski definition) is 0. The zero-order chi connectivity index (χ0) is 15.7. The Kier molecular flexibility index (Phi) is 5.16. The lowest BCUT2D eigenvalue weighted by Crippen LogP contribution is -2.60. The van der Waals surface area contributed by atoms with Gasteiger partial charge in [0, 0.05) is 38.3 Å². The highest BCUT2D eigenvalue weighted by atomic mass is 16.5. The molecular formula is C19H36N2O. The van der Waals surface area contributed by atoms with Crippen molar-refractivity contribution in [3.05, 3.63) is 0 Å². The standard InChI is InChI=1S/C19H36N2O/c1-15(2)20-11-7-18(8-12-20)22-17-5-9-19(10-6-17)13-21(14-19)16(3)4/h15-18H,5-14H2,1-4H3. The molecular weight excluding hydrogens is 272 g/mol. The summed E-state index contributed by atoms with van der Waals surface area (Å²) in [7, 11) is 0. The molecule has 1 spiro atoms. The molecule has 1 saturated carbocycles. The van der Waals surface area contributed by atoms with Crippen molar-refractivity contribution in [2.45, 2.75) is 90.5 Å². The Morgan fingerprint density at radius 2 is 1.27 bits per heavy atom. The van der Waals surface area contributed by atoms with Gasteiger partial charge in [0.25, 0.3) is 0 Å². The van der Waals surface area contributed by atoms with Gasteiger partial charge in [-0.1, -0.05) is 0 Å². The van der Waals surface area contributed by atoms with Crippen LogP contribution in [-0.2, 0) is 4.74 Å². The quantitative estimate of drug-likeness (QED) is 0.790. The fraction of sp³-hybridized carbons (Fsp3) is 1.00. The molecule has 0 radical (unpaired) electrons. The molecule has 2 aliphatic heterocycles. The van der Waals surface area contributed by atoms with Gasteiger partial charge in [0.2, 0.25) is 0 Å². The van der Waals surface area contributed by atoms with Crippen molar-refractivity contribution in [2.24, 2.45) is 5.41 Å². The van der Waals surface area contributed by atoms with Gasteiger partial charge < -0.3 is 9.64 Å². The van der Waals surface area contributed by atoms with Crippen LogP contribution in [-0.4, -0.2) is 60.3 Å². The van der Waals surface area contributed by atoms with Gasteiger partial charge in [0.1, 0.15) is 0 Å². The summed E-state index contributed by atoms with van der Waals surface area (Å²) in [6.07, 6.45) is 8.95. The van der Waals surface area contributed by atoms with Crippen LogP contribution in [0.5, 0.6) is 0 Å². The monoisotopic (exact) mass is 308 g/mol. The molecule has 22 heavy (non-hydrogen) atoms. The van der Waals surface area contributed by atoms with Gasteiger partial charge >= 0.3 is 0 Å². The Bertz CT molecular complexity index is 344. The van der Waals surface area contributed by atoms with E-state index in [4.69, 9.17) is 4.74 Å². The van der Waals surface area contributed by atoms with E-state index in [0.29, 0.717) is 23.7 Å². The van der Waals surface area contributed by atoms with Gasteiger partial charge in [-0.3, -0.25) is 4.90 Å². The van der Waals surface area contributed by atoms with Crippen molar-refractivity contribution >= 4 is 0 Å². The molecule has 128 valence electrons. The normalized spacial score (nSPS) is 28.6. The van der Waals surface area contributed by atoms with E-state index in [0.717, 1.165) is 6.04 Å². The van der Waals surface area contributed by atoms with E-state index in [1.807, 2.05) is 0 Å². The average molecular weight is 309 g/mol. The molecule has 3 heteroatoms. The highest BCUT2D eigenvalue weighted by molar-refractivity contribution is 4.99. The van der Waals surface area contributed by atoms with Gasteiger partial charge in [0.15, 0.2) is 0 Å². The smallest absolute Gasteiger partial charge is 0.0603 e. The summed E-state index contributed by atoms with van der Waals surface area (Å²) in [6.45, 7) is 14.4. The summed E-state index contributed by atoms with van der Waals surface area (Å²) in [5.41, 5.74) is 0.658. The predicted octanol–water partition coefficient (Wildman–Crippen LogP) is 3.53. The summed E-state index contributed by atoms with van der Waals surface area (Å²) in [5, 5.41) is 0. The first-order valence-electron chi connectivity index (χ1n) is 9.61. The zero-order valence-electron chi connectivity index (χ0n) is 15.2. The number of likely N-dealkylation sites (tertiary alicyclic amines) is 2. The van der Waals surface area contributed by atoms with Crippen molar-refractivity contribution in [3.63, 3.8) is 0 Å². The third kappa shape index (κ3) is 3.68. The van der Waals surface area contributed by atoms with Gasteiger partial charge in [-0.25, -0.2) is 0 Å².